The molecule has 4 nitrogen and oxygen atoms in total. The van der Waals surface area contributed by atoms with E-state index >= 15 is 0 Å². The van der Waals surface area contributed by atoms with E-state index in [-0.39, 0.29) is 11.7 Å². The van der Waals surface area contributed by atoms with Gasteiger partial charge in [0.2, 0.25) is 0 Å². The van der Waals surface area contributed by atoms with Crippen LogP contribution in [0.25, 0.3) is 10.8 Å². The Labute approximate surface area is 122 Å². The first kappa shape index (κ1) is 13.1. The van der Waals surface area contributed by atoms with E-state index in [9.17, 15) is 4.79 Å². The van der Waals surface area contributed by atoms with Crippen molar-refractivity contribution >= 4 is 22.9 Å². The zero-order valence-corrected chi connectivity index (χ0v) is 11.5. The van der Waals surface area contributed by atoms with Crippen molar-refractivity contribution in [2.75, 3.05) is 0 Å². The molecule has 0 aliphatic rings. The monoisotopic (exact) mass is 278 g/mol. The maximum Gasteiger partial charge on any atom is 0.307 e. The molecule has 0 aliphatic carbocycles. The fourth-order valence-electron chi connectivity index (χ4n) is 2.14. The van der Waals surface area contributed by atoms with E-state index in [0.29, 0.717) is 5.76 Å². The van der Waals surface area contributed by atoms with Crippen LogP contribution in [-0.4, -0.2) is 12.1 Å². The van der Waals surface area contributed by atoms with Gasteiger partial charge < -0.3 is 4.42 Å². The third kappa shape index (κ3) is 2.84. The van der Waals surface area contributed by atoms with Gasteiger partial charge in [0.25, 0.3) is 0 Å². The third-order valence-electron chi connectivity index (χ3n) is 3.16. The average Bonchev–Trinajstić information content (AvgIpc) is 2.94. The number of amides is 1. The highest BCUT2D eigenvalue weighted by Crippen LogP contribution is 2.16. The quantitative estimate of drug-likeness (QED) is 0.589. The summed E-state index contributed by atoms with van der Waals surface area (Å²) in [6.45, 7) is 1.79. The first-order valence-electron chi connectivity index (χ1n) is 6.61. The number of nitrogens with one attached hydrogen (secondary N) is 1. The van der Waals surface area contributed by atoms with Gasteiger partial charge in [-0.1, -0.05) is 42.5 Å². The number of benzene rings is 2. The topological polar surface area (TPSA) is 54.6 Å². The van der Waals surface area contributed by atoms with Gasteiger partial charge in [-0.25, -0.2) is 5.43 Å². The van der Waals surface area contributed by atoms with Crippen molar-refractivity contribution < 1.29 is 9.21 Å². The fraction of sp³-hybridized carbons (Fsp3) is 0.0588. The molecule has 1 amide bonds. The summed E-state index contributed by atoms with van der Waals surface area (Å²) < 4.78 is 5.23. The highest BCUT2D eigenvalue weighted by atomic mass is 16.3. The van der Waals surface area contributed by atoms with E-state index in [1.165, 1.54) is 0 Å². The predicted molar refractivity (Wildman–Crippen MR) is 82.5 cm³/mol. The molecule has 21 heavy (non-hydrogen) atoms. The van der Waals surface area contributed by atoms with Crippen LogP contribution < -0.4 is 5.43 Å². The van der Waals surface area contributed by atoms with E-state index in [4.69, 9.17) is 4.42 Å². The molecule has 1 heterocycles. The number of carbonyl (C=O) groups is 1. The van der Waals surface area contributed by atoms with Crippen molar-refractivity contribution in [2.45, 2.75) is 6.92 Å². The van der Waals surface area contributed by atoms with Crippen molar-refractivity contribution in [2.24, 2.45) is 5.10 Å². The van der Waals surface area contributed by atoms with Gasteiger partial charge in [0.15, 0.2) is 5.76 Å². The minimum absolute atomic E-state index is 0.252. The van der Waals surface area contributed by atoms with Crippen molar-refractivity contribution in [3.8, 4) is 0 Å². The van der Waals surface area contributed by atoms with Crippen molar-refractivity contribution in [3.05, 3.63) is 71.7 Å². The summed E-state index contributed by atoms with van der Waals surface area (Å²) in [5.74, 6) is 0.584. The van der Waals surface area contributed by atoms with Gasteiger partial charge in [-0.15, -0.1) is 0 Å². The lowest BCUT2D eigenvalue weighted by Crippen LogP contribution is -2.16. The van der Waals surface area contributed by atoms with Crippen LogP contribution in [0.15, 0.2) is 64.1 Å². The number of carbonyl (C=O) groups excluding carboxylic acids is 1. The lowest BCUT2D eigenvalue weighted by molar-refractivity contribution is 0.0926. The van der Waals surface area contributed by atoms with E-state index in [0.717, 1.165) is 16.3 Å². The number of hydrogen-bond acceptors (Lipinski definition) is 3. The molecule has 3 rings (SSSR count). The van der Waals surface area contributed by atoms with Crippen LogP contribution in [0.4, 0.5) is 0 Å². The maximum absolute atomic E-state index is 11.8. The molecule has 0 saturated carbocycles. The van der Waals surface area contributed by atoms with Gasteiger partial charge in [0, 0.05) is 5.56 Å². The Morgan fingerprint density at radius 2 is 1.90 bits per heavy atom. The number of rotatable bonds is 3. The van der Waals surface area contributed by atoms with Gasteiger partial charge in [-0.3, -0.25) is 4.79 Å². The smallest absolute Gasteiger partial charge is 0.307 e. The molecule has 104 valence electrons. The molecule has 3 aromatic rings. The predicted octanol–water partition coefficient (Wildman–Crippen LogP) is 3.51. The Morgan fingerprint density at radius 1 is 1.10 bits per heavy atom. The van der Waals surface area contributed by atoms with Crippen LogP contribution in [0.3, 0.4) is 0 Å². The van der Waals surface area contributed by atoms with E-state index in [1.807, 2.05) is 42.5 Å². The molecule has 0 fully saturated rings. The molecule has 0 saturated heterocycles. The molecule has 0 unspecified atom stereocenters. The zero-order chi connectivity index (χ0) is 14.7. The molecule has 0 radical (unpaired) electrons. The number of hydrazone groups is 1. The summed E-state index contributed by atoms with van der Waals surface area (Å²) >= 11 is 0. The minimum Gasteiger partial charge on any atom is -0.456 e. The van der Waals surface area contributed by atoms with Crippen LogP contribution in [-0.2, 0) is 0 Å². The van der Waals surface area contributed by atoms with Crippen molar-refractivity contribution in [1.82, 2.24) is 5.43 Å². The third-order valence-corrected chi connectivity index (χ3v) is 3.16. The molecule has 1 aromatic heterocycles. The maximum atomic E-state index is 11.8. The van der Waals surface area contributed by atoms with Crippen LogP contribution in [0.2, 0.25) is 0 Å². The summed E-state index contributed by atoms with van der Waals surface area (Å²) in [5.41, 5.74) is 3.41. The second-order valence-electron chi connectivity index (χ2n) is 4.68. The van der Waals surface area contributed by atoms with Gasteiger partial charge in [0.1, 0.15) is 5.76 Å². The molecule has 1 N–H and O–H groups in total. The Hall–Kier alpha value is -2.88. The van der Waals surface area contributed by atoms with Gasteiger partial charge in [-0.05, 0) is 29.8 Å². The largest absolute Gasteiger partial charge is 0.456 e. The number of furan rings is 1. The molecule has 0 spiro atoms. The standard InChI is InChI=1S/C17H14N2O2/c1-12-9-10-16(21-12)17(20)19-18-11-14-7-4-6-13-5-2-3-8-15(13)14/h2-11H,1H3,(H,19,20). The summed E-state index contributed by atoms with van der Waals surface area (Å²) in [7, 11) is 0. The van der Waals surface area contributed by atoms with Crippen LogP contribution in [0.1, 0.15) is 21.9 Å². The van der Waals surface area contributed by atoms with Crippen LogP contribution in [0, 0.1) is 6.92 Å². The number of fused-ring (bicyclic) bond motifs is 1. The van der Waals surface area contributed by atoms with Gasteiger partial charge >= 0.3 is 5.91 Å². The summed E-state index contributed by atoms with van der Waals surface area (Å²) in [4.78, 5) is 11.8. The van der Waals surface area contributed by atoms with Crippen molar-refractivity contribution in [1.29, 1.82) is 0 Å². The normalized spacial score (nSPS) is 11.1. The summed E-state index contributed by atoms with van der Waals surface area (Å²) in [5, 5.41) is 6.22. The lowest BCUT2D eigenvalue weighted by atomic mass is 10.1. The fourth-order valence-corrected chi connectivity index (χ4v) is 2.14. The second-order valence-corrected chi connectivity index (χ2v) is 4.68. The highest BCUT2D eigenvalue weighted by molar-refractivity contribution is 6.00. The molecule has 0 aliphatic heterocycles. The highest BCUT2D eigenvalue weighted by Gasteiger charge is 2.08. The number of nitrogens with zero attached hydrogens (tertiary/aromatic N) is 1. The first-order chi connectivity index (χ1) is 10.2. The molecule has 0 atom stereocenters. The second kappa shape index (κ2) is 5.63. The molecule has 0 bridgehead atoms. The summed E-state index contributed by atoms with van der Waals surface area (Å²) in [6.07, 6.45) is 1.63. The van der Waals surface area contributed by atoms with Crippen molar-refractivity contribution in [3.63, 3.8) is 0 Å². The molecular formula is C17H14N2O2. The molecular weight excluding hydrogens is 264 g/mol. The van der Waals surface area contributed by atoms with E-state index in [1.54, 1.807) is 25.3 Å². The Bertz CT molecular complexity index is 813. The minimum atomic E-state index is -0.361. The summed E-state index contributed by atoms with van der Waals surface area (Å²) in [6, 6.07) is 17.3. The van der Waals surface area contributed by atoms with E-state index in [2.05, 4.69) is 10.5 Å². The molecule has 2 aromatic carbocycles. The van der Waals surface area contributed by atoms with Gasteiger partial charge in [-0.2, -0.15) is 5.10 Å². The number of aryl methyl sites for hydroxylation is 1. The average molecular weight is 278 g/mol. The Kier molecular flexibility index (Phi) is 3.51. The van der Waals surface area contributed by atoms with Gasteiger partial charge in [0.05, 0.1) is 6.21 Å². The van der Waals surface area contributed by atoms with E-state index < -0.39 is 0 Å². The Morgan fingerprint density at radius 3 is 2.71 bits per heavy atom. The number of hydrogen-bond donors (Lipinski definition) is 1. The zero-order valence-electron chi connectivity index (χ0n) is 11.5. The SMILES string of the molecule is Cc1ccc(C(=O)NN=Cc2cccc3ccccc23)o1. The molecule has 4 heteroatoms. The van der Waals surface area contributed by atoms with Crippen LogP contribution in [0.5, 0.6) is 0 Å². The Balaban J connectivity index is 1.78. The first-order valence-corrected chi connectivity index (χ1v) is 6.61. The lowest BCUT2D eigenvalue weighted by Gasteiger charge is -2.01. The van der Waals surface area contributed by atoms with Crippen LogP contribution >= 0.6 is 0 Å².